The maximum absolute atomic E-state index is 11.6. The van der Waals surface area contributed by atoms with Crippen LogP contribution in [0.4, 0.5) is 0 Å². The van der Waals surface area contributed by atoms with Gasteiger partial charge in [-0.15, -0.1) is 0 Å². The number of ether oxygens (including phenoxy) is 1. The van der Waals surface area contributed by atoms with Crippen molar-refractivity contribution in [2.45, 2.75) is 6.61 Å². The lowest BCUT2D eigenvalue weighted by Gasteiger charge is -1.96. The van der Waals surface area contributed by atoms with Gasteiger partial charge in [0.1, 0.15) is 5.76 Å². The van der Waals surface area contributed by atoms with Crippen molar-refractivity contribution < 1.29 is 18.5 Å². The number of hydrogen-bond acceptors (Lipinski definition) is 6. The van der Waals surface area contributed by atoms with Crippen molar-refractivity contribution in [3.8, 4) is 11.4 Å². The summed E-state index contributed by atoms with van der Waals surface area (Å²) in [6.07, 6.45) is 4.28. The molecule has 0 saturated heterocycles. The Morgan fingerprint density at radius 2 is 2.09 bits per heavy atom. The molecular formula is C16H11ClN2O4. The molecule has 0 bridgehead atoms. The lowest BCUT2D eigenvalue weighted by atomic mass is 10.2. The topological polar surface area (TPSA) is 78.4 Å². The molecule has 23 heavy (non-hydrogen) atoms. The first-order valence-corrected chi connectivity index (χ1v) is 7.05. The Labute approximate surface area is 136 Å². The van der Waals surface area contributed by atoms with E-state index < -0.39 is 5.97 Å². The van der Waals surface area contributed by atoms with Crippen LogP contribution in [0.3, 0.4) is 0 Å². The fraction of sp³-hybridized carbons (Fsp3) is 0.0625. The second-order valence-corrected chi connectivity index (χ2v) is 4.91. The summed E-state index contributed by atoms with van der Waals surface area (Å²) >= 11 is 5.82. The third-order valence-electron chi connectivity index (χ3n) is 2.84. The van der Waals surface area contributed by atoms with Gasteiger partial charge in [0.25, 0.3) is 5.89 Å². The number of nitrogens with zero attached hydrogens (tertiary/aromatic N) is 2. The molecule has 1 aromatic carbocycles. The lowest BCUT2D eigenvalue weighted by Crippen LogP contribution is -2.00. The van der Waals surface area contributed by atoms with Gasteiger partial charge in [-0.05, 0) is 42.5 Å². The molecule has 7 heteroatoms. The summed E-state index contributed by atoms with van der Waals surface area (Å²) in [5, 5.41) is 4.45. The largest absolute Gasteiger partial charge is 0.465 e. The predicted molar refractivity (Wildman–Crippen MR) is 82.3 cm³/mol. The molecule has 0 N–H and O–H groups in total. The average Bonchev–Trinajstić information content (AvgIpc) is 3.23. The Hall–Kier alpha value is -2.86. The third kappa shape index (κ3) is 4.08. The van der Waals surface area contributed by atoms with Crippen LogP contribution in [0.15, 0.2) is 57.7 Å². The third-order valence-corrected chi connectivity index (χ3v) is 3.09. The molecule has 0 aliphatic rings. The number of carbonyl (C=O) groups is 1. The van der Waals surface area contributed by atoms with E-state index in [2.05, 4.69) is 10.1 Å². The highest BCUT2D eigenvalue weighted by atomic mass is 35.5. The molecule has 6 nitrogen and oxygen atoms in total. The molecule has 0 saturated carbocycles. The molecular weight excluding hydrogens is 320 g/mol. The molecule has 0 atom stereocenters. The van der Waals surface area contributed by atoms with E-state index in [1.807, 2.05) is 0 Å². The highest BCUT2D eigenvalue weighted by Gasteiger charge is 2.10. The molecule has 0 radical (unpaired) electrons. The van der Waals surface area contributed by atoms with E-state index >= 15 is 0 Å². The molecule has 0 aliphatic carbocycles. The van der Waals surface area contributed by atoms with Gasteiger partial charge in [-0.25, -0.2) is 4.79 Å². The first-order valence-electron chi connectivity index (χ1n) is 6.67. The SMILES string of the molecule is O=C(/C=C/c1ccco1)OCc1nc(-c2ccc(Cl)cc2)no1. The van der Waals surface area contributed by atoms with Crippen molar-refractivity contribution in [2.75, 3.05) is 0 Å². The number of furan rings is 1. The maximum atomic E-state index is 11.6. The minimum Gasteiger partial charge on any atom is -0.465 e. The van der Waals surface area contributed by atoms with Crippen LogP contribution < -0.4 is 0 Å². The fourth-order valence-corrected chi connectivity index (χ4v) is 1.87. The Morgan fingerprint density at radius 1 is 1.26 bits per heavy atom. The second-order valence-electron chi connectivity index (χ2n) is 4.48. The Bertz CT molecular complexity index is 807. The number of carbonyl (C=O) groups excluding carboxylic acids is 1. The van der Waals surface area contributed by atoms with Crippen LogP contribution in [0.1, 0.15) is 11.7 Å². The number of halogens is 1. The number of benzene rings is 1. The van der Waals surface area contributed by atoms with Gasteiger partial charge < -0.3 is 13.7 Å². The summed E-state index contributed by atoms with van der Waals surface area (Å²) in [5.74, 6) is 0.631. The van der Waals surface area contributed by atoms with Crippen molar-refractivity contribution >= 4 is 23.6 Å². The predicted octanol–water partition coefficient (Wildman–Crippen LogP) is 3.74. The molecule has 3 aromatic rings. The van der Waals surface area contributed by atoms with E-state index in [9.17, 15) is 4.79 Å². The standard InChI is InChI=1S/C16H11ClN2O4/c17-12-5-3-11(4-6-12)16-18-14(23-19-16)10-22-15(20)8-7-13-2-1-9-21-13/h1-9H,10H2/b8-7+. The molecule has 3 rings (SSSR count). The van der Waals surface area contributed by atoms with Gasteiger partial charge in [-0.3, -0.25) is 0 Å². The van der Waals surface area contributed by atoms with E-state index in [0.29, 0.717) is 16.6 Å². The quantitative estimate of drug-likeness (QED) is 0.524. The second kappa shape index (κ2) is 6.93. The normalized spacial score (nSPS) is 11.0. The highest BCUT2D eigenvalue weighted by Crippen LogP contribution is 2.18. The zero-order valence-corrected chi connectivity index (χ0v) is 12.6. The average molecular weight is 331 g/mol. The molecule has 116 valence electrons. The van der Waals surface area contributed by atoms with Gasteiger partial charge >= 0.3 is 5.97 Å². The van der Waals surface area contributed by atoms with E-state index in [-0.39, 0.29) is 12.5 Å². The van der Waals surface area contributed by atoms with Crippen LogP contribution in [0.5, 0.6) is 0 Å². The van der Waals surface area contributed by atoms with Crippen molar-refractivity contribution in [1.82, 2.24) is 10.1 Å². The van der Waals surface area contributed by atoms with Crippen LogP contribution >= 0.6 is 11.6 Å². The number of esters is 1. The molecule has 0 aliphatic heterocycles. The highest BCUT2D eigenvalue weighted by molar-refractivity contribution is 6.30. The first-order chi connectivity index (χ1) is 11.2. The Balaban J connectivity index is 1.57. The summed E-state index contributed by atoms with van der Waals surface area (Å²) in [5.41, 5.74) is 0.758. The fourth-order valence-electron chi connectivity index (χ4n) is 1.75. The van der Waals surface area contributed by atoms with E-state index in [1.165, 1.54) is 18.4 Å². The van der Waals surface area contributed by atoms with Crippen LogP contribution in [0.2, 0.25) is 5.02 Å². The number of rotatable bonds is 5. The van der Waals surface area contributed by atoms with Crippen molar-refractivity contribution in [1.29, 1.82) is 0 Å². The van der Waals surface area contributed by atoms with Crippen molar-refractivity contribution in [3.05, 3.63) is 65.4 Å². The maximum Gasteiger partial charge on any atom is 0.331 e. The molecule has 0 amide bonds. The molecule has 0 fully saturated rings. The summed E-state index contributed by atoms with van der Waals surface area (Å²) in [4.78, 5) is 15.7. The van der Waals surface area contributed by atoms with E-state index in [0.717, 1.165) is 5.56 Å². The van der Waals surface area contributed by atoms with Gasteiger partial charge in [0.15, 0.2) is 6.61 Å². The summed E-state index contributed by atoms with van der Waals surface area (Å²) in [6.45, 7) is -0.109. The van der Waals surface area contributed by atoms with Crippen LogP contribution in [0.25, 0.3) is 17.5 Å². The zero-order valence-electron chi connectivity index (χ0n) is 11.8. The molecule has 0 spiro atoms. The van der Waals surface area contributed by atoms with Crippen molar-refractivity contribution in [3.63, 3.8) is 0 Å². The first kappa shape index (κ1) is 15.1. The van der Waals surface area contributed by atoms with Gasteiger partial charge in [0.05, 0.1) is 6.26 Å². The van der Waals surface area contributed by atoms with Gasteiger partial charge in [0.2, 0.25) is 5.82 Å². The number of aromatic nitrogens is 2. The summed E-state index contributed by atoms with van der Waals surface area (Å²) in [7, 11) is 0. The number of hydrogen-bond donors (Lipinski definition) is 0. The molecule has 2 heterocycles. The lowest BCUT2D eigenvalue weighted by molar-refractivity contribution is -0.139. The zero-order chi connectivity index (χ0) is 16.1. The molecule has 0 unspecified atom stereocenters. The van der Waals surface area contributed by atoms with Crippen LogP contribution in [0, 0.1) is 0 Å². The Morgan fingerprint density at radius 3 is 2.83 bits per heavy atom. The smallest absolute Gasteiger partial charge is 0.331 e. The summed E-state index contributed by atoms with van der Waals surface area (Å²) in [6, 6.07) is 10.4. The Kier molecular flexibility index (Phi) is 4.54. The van der Waals surface area contributed by atoms with Gasteiger partial charge in [0, 0.05) is 16.7 Å². The van der Waals surface area contributed by atoms with Crippen LogP contribution in [-0.2, 0) is 16.1 Å². The van der Waals surface area contributed by atoms with E-state index in [4.69, 9.17) is 25.3 Å². The minimum atomic E-state index is -0.535. The van der Waals surface area contributed by atoms with Gasteiger partial charge in [-0.1, -0.05) is 16.8 Å². The van der Waals surface area contributed by atoms with Gasteiger partial charge in [-0.2, -0.15) is 4.98 Å². The minimum absolute atomic E-state index is 0.109. The molecule has 2 aromatic heterocycles. The van der Waals surface area contributed by atoms with Crippen molar-refractivity contribution in [2.24, 2.45) is 0 Å². The van der Waals surface area contributed by atoms with E-state index in [1.54, 1.807) is 36.4 Å². The monoisotopic (exact) mass is 330 g/mol. The summed E-state index contributed by atoms with van der Waals surface area (Å²) < 4.78 is 15.1. The van der Waals surface area contributed by atoms with Crippen LogP contribution in [-0.4, -0.2) is 16.1 Å².